The molecule has 0 spiro atoms. The van der Waals surface area contributed by atoms with Gasteiger partial charge in [-0.05, 0) is 30.7 Å². The van der Waals surface area contributed by atoms with Crippen LogP contribution >= 0.6 is 0 Å². The minimum absolute atomic E-state index is 0.0504. The zero-order chi connectivity index (χ0) is 14.0. The Morgan fingerprint density at radius 3 is 2.30 bits per heavy atom. The Bertz CT molecular complexity index is 515. The van der Waals surface area contributed by atoms with Crippen molar-refractivity contribution in [1.29, 1.82) is 0 Å². The van der Waals surface area contributed by atoms with Crippen LogP contribution in [0.2, 0.25) is 0 Å². The molecule has 104 valence electrons. The van der Waals surface area contributed by atoms with E-state index >= 15 is 0 Å². The summed E-state index contributed by atoms with van der Waals surface area (Å²) in [7, 11) is 0. The Morgan fingerprint density at radius 1 is 0.950 bits per heavy atom. The van der Waals surface area contributed by atoms with Crippen molar-refractivity contribution in [1.82, 2.24) is 5.43 Å². The number of para-hydroxylation sites is 2. The standard InChI is InChI=1S/C16H18N2O2/c19-16(18-17-14-8-3-1-4-9-14)12-7-13-20-15-10-5-2-6-11-15/h1-6,8-11,17H,7,12-13H2,(H,18,19). The third-order valence-corrected chi connectivity index (χ3v) is 2.68. The largest absolute Gasteiger partial charge is 0.494 e. The van der Waals surface area contributed by atoms with Crippen LogP contribution in [0.25, 0.3) is 0 Å². The number of anilines is 1. The zero-order valence-corrected chi connectivity index (χ0v) is 11.2. The number of nitrogens with one attached hydrogen (secondary N) is 2. The molecule has 0 aromatic heterocycles. The topological polar surface area (TPSA) is 50.4 Å². The molecule has 2 aromatic rings. The molecule has 20 heavy (non-hydrogen) atoms. The van der Waals surface area contributed by atoms with Crippen LogP contribution in [0.3, 0.4) is 0 Å². The molecule has 0 radical (unpaired) electrons. The maximum absolute atomic E-state index is 11.6. The van der Waals surface area contributed by atoms with Crippen LogP contribution in [0.5, 0.6) is 5.75 Å². The predicted molar refractivity (Wildman–Crippen MR) is 79.4 cm³/mol. The number of carbonyl (C=O) groups excluding carboxylic acids is 1. The summed E-state index contributed by atoms with van der Waals surface area (Å²) in [4.78, 5) is 11.6. The van der Waals surface area contributed by atoms with Gasteiger partial charge in [0.1, 0.15) is 5.75 Å². The average molecular weight is 270 g/mol. The minimum Gasteiger partial charge on any atom is -0.494 e. The summed E-state index contributed by atoms with van der Waals surface area (Å²) in [6.45, 7) is 0.531. The molecule has 0 unspecified atom stereocenters. The molecule has 0 aliphatic rings. The minimum atomic E-state index is -0.0504. The third-order valence-electron chi connectivity index (χ3n) is 2.68. The number of ether oxygens (including phenoxy) is 1. The molecule has 0 fully saturated rings. The van der Waals surface area contributed by atoms with E-state index in [4.69, 9.17) is 4.74 Å². The fraction of sp³-hybridized carbons (Fsp3) is 0.188. The normalized spacial score (nSPS) is 9.80. The van der Waals surface area contributed by atoms with Crippen LogP contribution in [0.15, 0.2) is 60.7 Å². The summed E-state index contributed by atoms with van der Waals surface area (Å²) in [6.07, 6.45) is 1.10. The summed E-state index contributed by atoms with van der Waals surface area (Å²) in [6, 6.07) is 19.1. The van der Waals surface area contributed by atoms with Crippen molar-refractivity contribution in [2.75, 3.05) is 12.0 Å². The highest BCUT2D eigenvalue weighted by molar-refractivity contribution is 5.77. The van der Waals surface area contributed by atoms with Crippen molar-refractivity contribution < 1.29 is 9.53 Å². The number of rotatable bonds is 7. The van der Waals surface area contributed by atoms with Crippen LogP contribution in [0.1, 0.15) is 12.8 Å². The van der Waals surface area contributed by atoms with E-state index in [0.717, 1.165) is 11.4 Å². The predicted octanol–water partition coefficient (Wildman–Crippen LogP) is 2.99. The molecular weight excluding hydrogens is 252 g/mol. The molecule has 0 aliphatic carbocycles. The van der Waals surface area contributed by atoms with E-state index in [0.29, 0.717) is 19.4 Å². The summed E-state index contributed by atoms with van der Waals surface area (Å²) in [5, 5.41) is 0. The second-order valence-corrected chi connectivity index (χ2v) is 4.30. The Hall–Kier alpha value is -2.49. The van der Waals surface area contributed by atoms with Crippen LogP contribution in [-0.4, -0.2) is 12.5 Å². The van der Waals surface area contributed by atoms with E-state index in [1.807, 2.05) is 60.7 Å². The molecule has 0 bridgehead atoms. The van der Waals surface area contributed by atoms with Crippen LogP contribution in [0, 0.1) is 0 Å². The van der Waals surface area contributed by atoms with E-state index in [1.54, 1.807) is 0 Å². The number of hydrogen-bond donors (Lipinski definition) is 2. The summed E-state index contributed by atoms with van der Waals surface area (Å²) < 4.78 is 5.52. The zero-order valence-electron chi connectivity index (χ0n) is 11.2. The van der Waals surface area contributed by atoms with E-state index in [1.165, 1.54) is 0 Å². The molecular formula is C16H18N2O2. The van der Waals surface area contributed by atoms with Gasteiger partial charge in [-0.1, -0.05) is 36.4 Å². The van der Waals surface area contributed by atoms with Gasteiger partial charge in [0.05, 0.1) is 12.3 Å². The maximum Gasteiger partial charge on any atom is 0.238 e. The fourth-order valence-electron chi connectivity index (χ4n) is 1.67. The van der Waals surface area contributed by atoms with Gasteiger partial charge in [0, 0.05) is 6.42 Å². The van der Waals surface area contributed by atoms with Gasteiger partial charge >= 0.3 is 0 Å². The highest BCUT2D eigenvalue weighted by atomic mass is 16.5. The lowest BCUT2D eigenvalue weighted by Gasteiger charge is -2.08. The molecule has 0 aliphatic heterocycles. The van der Waals surface area contributed by atoms with Gasteiger partial charge in [-0.25, -0.2) is 0 Å². The van der Waals surface area contributed by atoms with E-state index in [-0.39, 0.29) is 5.91 Å². The van der Waals surface area contributed by atoms with Crippen molar-refractivity contribution in [3.63, 3.8) is 0 Å². The van der Waals surface area contributed by atoms with E-state index < -0.39 is 0 Å². The van der Waals surface area contributed by atoms with Crippen LogP contribution in [0.4, 0.5) is 5.69 Å². The van der Waals surface area contributed by atoms with Crippen LogP contribution < -0.4 is 15.6 Å². The second-order valence-electron chi connectivity index (χ2n) is 4.30. The first kappa shape index (κ1) is 13.9. The molecule has 4 heteroatoms. The maximum atomic E-state index is 11.6. The number of amides is 1. The highest BCUT2D eigenvalue weighted by Crippen LogP contribution is 2.08. The van der Waals surface area contributed by atoms with Gasteiger partial charge in [0.15, 0.2) is 0 Å². The Kier molecular flexibility index (Phi) is 5.46. The SMILES string of the molecule is O=C(CCCOc1ccccc1)NNc1ccccc1. The quantitative estimate of drug-likeness (QED) is 0.600. The van der Waals surface area contributed by atoms with Gasteiger partial charge in [0.25, 0.3) is 0 Å². The Balaban J connectivity index is 1.59. The number of carbonyl (C=O) groups is 1. The van der Waals surface area contributed by atoms with Gasteiger partial charge < -0.3 is 4.74 Å². The summed E-state index contributed by atoms with van der Waals surface area (Å²) in [5.74, 6) is 0.779. The molecule has 0 heterocycles. The average Bonchev–Trinajstić information content (AvgIpc) is 2.52. The smallest absolute Gasteiger partial charge is 0.238 e. The second kappa shape index (κ2) is 7.84. The first-order chi connectivity index (χ1) is 9.84. The Morgan fingerprint density at radius 2 is 1.60 bits per heavy atom. The lowest BCUT2D eigenvalue weighted by molar-refractivity contribution is -0.120. The van der Waals surface area contributed by atoms with Crippen LogP contribution in [-0.2, 0) is 4.79 Å². The van der Waals surface area contributed by atoms with Crippen molar-refractivity contribution in [3.8, 4) is 5.75 Å². The number of hydrazine groups is 1. The van der Waals surface area contributed by atoms with Crippen molar-refractivity contribution in [2.24, 2.45) is 0 Å². The highest BCUT2D eigenvalue weighted by Gasteiger charge is 2.01. The molecule has 1 amide bonds. The van der Waals surface area contributed by atoms with E-state index in [9.17, 15) is 4.79 Å². The molecule has 0 saturated carbocycles. The summed E-state index contributed by atoms with van der Waals surface area (Å²) in [5.41, 5.74) is 6.38. The lowest BCUT2D eigenvalue weighted by Crippen LogP contribution is -2.29. The Labute approximate surface area is 118 Å². The molecule has 0 saturated heterocycles. The fourth-order valence-corrected chi connectivity index (χ4v) is 1.67. The summed E-state index contributed by atoms with van der Waals surface area (Å²) >= 11 is 0. The lowest BCUT2D eigenvalue weighted by atomic mass is 10.3. The van der Waals surface area contributed by atoms with Crippen molar-refractivity contribution in [2.45, 2.75) is 12.8 Å². The van der Waals surface area contributed by atoms with Crippen molar-refractivity contribution >= 4 is 11.6 Å². The third kappa shape index (κ3) is 5.02. The van der Waals surface area contributed by atoms with Gasteiger partial charge in [-0.2, -0.15) is 0 Å². The number of benzene rings is 2. The molecule has 4 nitrogen and oxygen atoms in total. The van der Waals surface area contributed by atoms with E-state index in [2.05, 4.69) is 10.9 Å². The molecule has 2 aromatic carbocycles. The molecule has 2 N–H and O–H groups in total. The van der Waals surface area contributed by atoms with Gasteiger partial charge in [-0.3, -0.25) is 15.6 Å². The van der Waals surface area contributed by atoms with Gasteiger partial charge in [-0.15, -0.1) is 0 Å². The monoisotopic (exact) mass is 270 g/mol. The molecule has 2 rings (SSSR count). The van der Waals surface area contributed by atoms with Gasteiger partial charge in [0.2, 0.25) is 5.91 Å². The molecule has 0 atom stereocenters. The first-order valence-corrected chi connectivity index (χ1v) is 6.62. The first-order valence-electron chi connectivity index (χ1n) is 6.62. The number of hydrogen-bond acceptors (Lipinski definition) is 3. The van der Waals surface area contributed by atoms with Crippen molar-refractivity contribution in [3.05, 3.63) is 60.7 Å².